The van der Waals surface area contributed by atoms with Gasteiger partial charge in [0.2, 0.25) is 5.91 Å². The molecule has 0 saturated carbocycles. The molecule has 0 radical (unpaired) electrons. The van der Waals surface area contributed by atoms with Gasteiger partial charge in [0.25, 0.3) is 7.82 Å². The molecule has 0 aromatic rings. The summed E-state index contributed by atoms with van der Waals surface area (Å²) in [4.78, 5) is 25.7. The van der Waals surface area contributed by atoms with Crippen molar-refractivity contribution in [1.29, 1.82) is 0 Å². The van der Waals surface area contributed by atoms with Crippen molar-refractivity contribution in [3.05, 3.63) is 48.6 Å². The van der Waals surface area contributed by atoms with Crippen LogP contribution in [0.25, 0.3) is 0 Å². The van der Waals surface area contributed by atoms with Crippen LogP contribution in [0.2, 0.25) is 0 Å². The lowest BCUT2D eigenvalue weighted by atomic mass is 10.0. The summed E-state index contributed by atoms with van der Waals surface area (Å²) >= 11 is 0. The molecule has 0 aromatic carbocycles. The van der Waals surface area contributed by atoms with Crippen molar-refractivity contribution in [1.82, 2.24) is 5.32 Å². The quantitative estimate of drug-likeness (QED) is 0.0272. The molecule has 0 aromatic heterocycles. The van der Waals surface area contributed by atoms with Crippen molar-refractivity contribution in [3.8, 4) is 0 Å². The van der Waals surface area contributed by atoms with Gasteiger partial charge in [-0.25, -0.2) is 0 Å². The number of aliphatic hydroxyl groups excluding tert-OH is 1. The summed E-state index contributed by atoms with van der Waals surface area (Å²) in [5, 5.41) is 14.0. The number of quaternary nitrogens is 1. The normalized spacial score (nSPS) is 13.8. The number of phosphoric acid groups is 1. The van der Waals surface area contributed by atoms with Gasteiger partial charge in [0.1, 0.15) is 13.2 Å². The number of nitrogens with one attached hydrogen (secondary N) is 1. The molecule has 3 atom stereocenters. The van der Waals surface area contributed by atoms with E-state index in [1.54, 1.807) is 6.08 Å². The minimum atomic E-state index is -4.61. The zero-order chi connectivity index (χ0) is 62.6. The number of unbranched alkanes of at least 4 members (excludes halogenated alkanes) is 52. The Labute approximate surface area is 537 Å². The molecule has 0 spiro atoms. The molecule has 0 bridgehead atoms. The van der Waals surface area contributed by atoms with Crippen molar-refractivity contribution < 1.29 is 32.9 Å². The summed E-state index contributed by atoms with van der Waals surface area (Å²) in [6, 6.07) is -0.889. The summed E-state index contributed by atoms with van der Waals surface area (Å²) in [6.45, 7) is 4.70. The van der Waals surface area contributed by atoms with Crippen LogP contribution in [0.15, 0.2) is 48.6 Å². The van der Waals surface area contributed by atoms with Gasteiger partial charge in [-0.3, -0.25) is 9.36 Å². The number of rotatable bonds is 71. The average Bonchev–Trinajstić information content (AvgIpc) is 3.70. The van der Waals surface area contributed by atoms with E-state index in [2.05, 4.69) is 55.6 Å². The lowest BCUT2D eigenvalue weighted by molar-refractivity contribution is -0.870. The maximum atomic E-state index is 13.1. The number of carbonyl (C=O) groups is 1. The standard InChI is InChI=1S/C77H149N2O6P/c1-6-8-10-12-14-16-18-20-22-24-26-28-30-32-34-36-38-39-41-43-45-47-49-51-53-55-57-59-61-63-65-67-69-71-77(81)78-75(74-85-86(82,83)84-73-72-79(3,4)5)76(80)70-68-66-64-62-60-58-56-54-52-50-48-46-44-42-40-37-35-33-31-29-27-25-23-21-19-17-15-13-11-9-7-2/h18,20,24,26,30,32,68,70,75-76,80H,6-17,19,21-23,25,27-29,31,33-67,69,71-74H2,1-5H3,(H-,78,81,82,83)/b20-18-,26-24-,32-30-,70-68+. The van der Waals surface area contributed by atoms with Crippen LogP contribution in [-0.4, -0.2) is 68.5 Å². The number of nitrogens with zero attached hydrogens (tertiary/aromatic N) is 1. The molecule has 1 amide bonds. The predicted molar refractivity (Wildman–Crippen MR) is 376 cm³/mol. The molecule has 0 aliphatic rings. The Kier molecular flexibility index (Phi) is 66.6. The van der Waals surface area contributed by atoms with Crippen LogP contribution in [-0.2, 0) is 18.4 Å². The number of likely N-dealkylation sites (N-methyl/N-ethyl adjacent to an activating group) is 1. The first kappa shape index (κ1) is 84.5. The van der Waals surface area contributed by atoms with E-state index in [1.807, 2.05) is 27.2 Å². The van der Waals surface area contributed by atoms with Gasteiger partial charge in [-0.15, -0.1) is 0 Å². The Morgan fingerprint density at radius 2 is 0.674 bits per heavy atom. The maximum Gasteiger partial charge on any atom is 0.268 e. The van der Waals surface area contributed by atoms with Gasteiger partial charge in [0.15, 0.2) is 0 Å². The molecule has 0 fully saturated rings. The molecule has 2 N–H and O–H groups in total. The van der Waals surface area contributed by atoms with Crippen molar-refractivity contribution in [2.24, 2.45) is 0 Å². The molecular formula is C77H149N2O6P. The SMILES string of the molecule is CCCCCCC/C=C\C/C=C\C/C=C\CCCCCCCCCCCCCCCCCCCCC(=O)NC(COP(=O)([O-])OCC[N+](C)(C)C)C(O)/C=C/CCCCCCCCCCCCCCCCCCCCCCCCCCCCCCC. The van der Waals surface area contributed by atoms with Crippen LogP contribution in [0.1, 0.15) is 386 Å². The van der Waals surface area contributed by atoms with E-state index in [4.69, 9.17) is 9.05 Å². The maximum absolute atomic E-state index is 13.1. The number of carbonyl (C=O) groups excluding carboxylic acids is 1. The van der Waals surface area contributed by atoms with Crippen molar-refractivity contribution >= 4 is 13.7 Å². The lowest BCUT2D eigenvalue weighted by Crippen LogP contribution is -2.45. The zero-order valence-electron chi connectivity index (χ0n) is 58.3. The third kappa shape index (κ3) is 69.9. The molecule has 0 aliphatic heterocycles. The second kappa shape index (κ2) is 67.8. The Balaban J connectivity index is 4.00. The van der Waals surface area contributed by atoms with E-state index in [0.717, 1.165) is 51.4 Å². The third-order valence-electron chi connectivity index (χ3n) is 17.5. The number of aliphatic hydroxyl groups is 1. The summed E-state index contributed by atoms with van der Waals surface area (Å²) in [5.41, 5.74) is 0. The Hall–Kier alpha value is -1.54. The van der Waals surface area contributed by atoms with Crippen molar-refractivity contribution in [3.63, 3.8) is 0 Å². The molecule has 3 unspecified atom stereocenters. The van der Waals surface area contributed by atoms with Gasteiger partial charge >= 0.3 is 0 Å². The summed E-state index contributed by atoms with van der Waals surface area (Å²) in [6.07, 6.45) is 92.6. The molecule has 0 heterocycles. The highest BCUT2D eigenvalue weighted by Crippen LogP contribution is 2.38. The molecule has 0 saturated heterocycles. The second-order valence-corrected chi connectivity index (χ2v) is 28.8. The summed E-state index contributed by atoms with van der Waals surface area (Å²) < 4.78 is 23.5. The fourth-order valence-electron chi connectivity index (χ4n) is 11.6. The molecule has 8 nitrogen and oxygen atoms in total. The fraction of sp³-hybridized carbons (Fsp3) is 0.883. The third-order valence-corrected chi connectivity index (χ3v) is 18.5. The van der Waals surface area contributed by atoms with Crippen LogP contribution in [0.4, 0.5) is 0 Å². The van der Waals surface area contributed by atoms with Gasteiger partial charge in [-0.05, 0) is 57.8 Å². The van der Waals surface area contributed by atoms with E-state index in [1.165, 1.54) is 315 Å². The van der Waals surface area contributed by atoms with Crippen LogP contribution in [0, 0.1) is 0 Å². The highest BCUT2D eigenvalue weighted by Gasteiger charge is 2.23. The van der Waals surface area contributed by atoms with E-state index in [0.29, 0.717) is 17.4 Å². The Morgan fingerprint density at radius 3 is 0.977 bits per heavy atom. The van der Waals surface area contributed by atoms with Crippen LogP contribution in [0.3, 0.4) is 0 Å². The highest BCUT2D eigenvalue weighted by molar-refractivity contribution is 7.45. The van der Waals surface area contributed by atoms with Crippen LogP contribution >= 0.6 is 7.82 Å². The average molecular weight is 1230 g/mol. The van der Waals surface area contributed by atoms with Gasteiger partial charge in [-0.2, -0.15) is 0 Å². The number of hydrogen-bond acceptors (Lipinski definition) is 6. The summed E-state index contributed by atoms with van der Waals surface area (Å²) in [7, 11) is 1.28. The Bertz CT molecular complexity index is 1540. The van der Waals surface area contributed by atoms with Gasteiger partial charge in [-0.1, -0.05) is 371 Å². The molecular weight excluding hydrogens is 1080 g/mol. The topological polar surface area (TPSA) is 108 Å². The van der Waals surface area contributed by atoms with Crippen molar-refractivity contribution in [2.45, 2.75) is 398 Å². The molecule has 508 valence electrons. The fourth-order valence-corrected chi connectivity index (χ4v) is 12.4. The van der Waals surface area contributed by atoms with E-state index >= 15 is 0 Å². The highest BCUT2D eigenvalue weighted by atomic mass is 31.2. The van der Waals surface area contributed by atoms with E-state index in [-0.39, 0.29) is 19.1 Å². The number of phosphoric ester groups is 1. The van der Waals surface area contributed by atoms with E-state index < -0.39 is 20.0 Å². The lowest BCUT2D eigenvalue weighted by Gasteiger charge is -2.29. The number of hydrogen-bond donors (Lipinski definition) is 2. The largest absolute Gasteiger partial charge is 0.756 e. The smallest absolute Gasteiger partial charge is 0.268 e. The molecule has 0 rings (SSSR count). The molecule has 86 heavy (non-hydrogen) atoms. The first-order valence-corrected chi connectivity index (χ1v) is 39.5. The van der Waals surface area contributed by atoms with Gasteiger partial charge in [0, 0.05) is 6.42 Å². The van der Waals surface area contributed by atoms with Gasteiger partial charge in [0.05, 0.1) is 39.9 Å². The summed E-state index contributed by atoms with van der Waals surface area (Å²) in [5.74, 6) is -0.191. The van der Waals surface area contributed by atoms with Crippen LogP contribution in [0.5, 0.6) is 0 Å². The molecule has 0 aliphatic carbocycles. The predicted octanol–water partition coefficient (Wildman–Crippen LogP) is 23.9. The Morgan fingerprint density at radius 1 is 0.407 bits per heavy atom. The van der Waals surface area contributed by atoms with E-state index in [9.17, 15) is 19.4 Å². The minimum absolute atomic E-state index is 0.000256. The second-order valence-electron chi connectivity index (χ2n) is 27.4. The number of amides is 1. The zero-order valence-corrected chi connectivity index (χ0v) is 59.2. The van der Waals surface area contributed by atoms with Crippen molar-refractivity contribution in [2.75, 3.05) is 40.9 Å². The van der Waals surface area contributed by atoms with Gasteiger partial charge < -0.3 is 28.8 Å². The first-order valence-electron chi connectivity index (χ1n) is 38.0. The first-order chi connectivity index (χ1) is 42.0. The monoisotopic (exact) mass is 1230 g/mol. The molecule has 9 heteroatoms. The minimum Gasteiger partial charge on any atom is -0.756 e. The van der Waals surface area contributed by atoms with Crippen LogP contribution < -0.4 is 10.2 Å². The number of allylic oxidation sites excluding steroid dienone is 7.